The molecule has 6 nitrogen and oxygen atoms in total. The van der Waals surface area contributed by atoms with Crippen LogP contribution >= 0.6 is 11.3 Å². The summed E-state index contributed by atoms with van der Waals surface area (Å²) in [7, 11) is -3.71. The molecule has 0 aliphatic carbocycles. The third kappa shape index (κ3) is 3.14. The average molecular weight is 312 g/mol. The summed E-state index contributed by atoms with van der Waals surface area (Å²) in [6.45, 7) is 3.78. The summed E-state index contributed by atoms with van der Waals surface area (Å²) in [5.74, 6) is -0.0133. The Kier molecular flexibility index (Phi) is 4.36. The van der Waals surface area contributed by atoms with Gasteiger partial charge in [0.15, 0.2) is 0 Å². The zero-order valence-electron chi connectivity index (χ0n) is 11.2. The number of nitrogens with zero attached hydrogens (tertiary/aromatic N) is 2. The van der Waals surface area contributed by atoms with Crippen LogP contribution in [0.3, 0.4) is 0 Å². The molecule has 20 heavy (non-hydrogen) atoms. The van der Waals surface area contributed by atoms with Crippen LogP contribution < -0.4 is 10.5 Å². The minimum atomic E-state index is -3.71. The van der Waals surface area contributed by atoms with E-state index < -0.39 is 16.1 Å². The van der Waals surface area contributed by atoms with Crippen LogP contribution in [0, 0.1) is 0 Å². The minimum absolute atomic E-state index is 0.0133. The fraction of sp³-hybridized carbons (Fsp3) is 0.333. The number of pyridine rings is 1. The quantitative estimate of drug-likeness (QED) is 0.876. The summed E-state index contributed by atoms with van der Waals surface area (Å²) >= 11 is 1.50. The van der Waals surface area contributed by atoms with Gasteiger partial charge in [0, 0.05) is 17.3 Å². The molecular weight excluding hydrogens is 296 g/mol. The maximum absolute atomic E-state index is 12.3. The molecule has 3 N–H and O–H groups in total. The normalized spacial score (nSPS) is 13.3. The van der Waals surface area contributed by atoms with Crippen molar-refractivity contribution < 1.29 is 8.42 Å². The molecule has 0 saturated carbocycles. The minimum Gasteiger partial charge on any atom is -0.383 e. The number of hydrogen-bond acceptors (Lipinski definition) is 6. The molecule has 8 heteroatoms. The predicted molar refractivity (Wildman–Crippen MR) is 78.9 cm³/mol. The van der Waals surface area contributed by atoms with E-state index in [0.717, 1.165) is 16.3 Å². The highest BCUT2D eigenvalue weighted by Crippen LogP contribution is 2.23. The number of anilines is 1. The monoisotopic (exact) mass is 312 g/mol. The van der Waals surface area contributed by atoms with Gasteiger partial charge in [0.25, 0.3) is 0 Å². The van der Waals surface area contributed by atoms with E-state index in [0.29, 0.717) is 0 Å². The van der Waals surface area contributed by atoms with Gasteiger partial charge in [-0.2, -0.15) is 0 Å². The molecule has 1 unspecified atom stereocenters. The highest BCUT2D eigenvalue weighted by molar-refractivity contribution is 7.89. The van der Waals surface area contributed by atoms with Gasteiger partial charge in [-0.15, -0.1) is 11.3 Å². The van der Waals surface area contributed by atoms with Crippen molar-refractivity contribution in [2.45, 2.75) is 31.2 Å². The lowest BCUT2D eigenvalue weighted by Gasteiger charge is -2.12. The van der Waals surface area contributed by atoms with Crippen LogP contribution in [0.25, 0.3) is 0 Å². The van der Waals surface area contributed by atoms with Gasteiger partial charge in [0.2, 0.25) is 10.0 Å². The van der Waals surface area contributed by atoms with Crippen LogP contribution in [0.1, 0.15) is 29.8 Å². The van der Waals surface area contributed by atoms with E-state index >= 15 is 0 Å². The molecule has 108 valence electrons. The first-order chi connectivity index (χ1) is 9.44. The van der Waals surface area contributed by atoms with Gasteiger partial charge in [-0.25, -0.2) is 23.1 Å². The van der Waals surface area contributed by atoms with E-state index in [4.69, 9.17) is 5.73 Å². The number of hydrogen-bond donors (Lipinski definition) is 2. The Bertz CT molecular complexity index is 697. The molecule has 2 heterocycles. The van der Waals surface area contributed by atoms with Gasteiger partial charge < -0.3 is 5.73 Å². The first-order valence-electron chi connectivity index (χ1n) is 6.11. The molecule has 2 aromatic rings. The molecule has 0 bridgehead atoms. The van der Waals surface area contributed by atoms with Gasteiger partial charge >= 0.3 is 0 Å². The lowest BCUT2D eigenvalue weighted by Crippen LogP contribution is -2.27. The Morgan fingerprint density at radius 1 is 1.45 bits per heavy atom. The van der Waals surface area contributed by atoms with Crippen molar-refractivity contribution in [3.05, 3.63) is 34.4 Å². The van der Waals surface area contributed by atoms with Gasteiger partial charge in [0.1, 0.15) is 15.7 Å². The molecule has 0 fully saturated rings. The standard InChI is InChI=1S/C12H16N4O2S2/c1-3-9-7-15-12(19-9)8(2)16-20(17,18)10-5-4-6-14-11(10)13/h4-8,16H,3H2,1-2H3,(H2,13,14). The van der Waals surface area contributed by atoms with Crippen molar-refractivity contribution in [1.82, 2.24) is 14.7 Å². The zero-order valence-corrected chi connectivity index (χ0v) is 12.8. The lowest BCUT2D eigenvalue weighted by atomic mass is 10.4. The SMILES string of the molecule is CCc1cnc(C(C)NS(=O)(=O)c2cccnc2N)s1. The van der Waals surface area contributed by atoms with Gasteiger partial charge in [-0.1, -0.05) is 6.92 Å². The number of nitrogen functional groups attached to an aromatic ring is 1. The number of thiazole rings is 1. The van der Waals surface area contributed by atoms with Crippen LogP contribution in [-0.4, -0.2) is 18.4 Å². The van der Waals surface area contributed by atoms with Crippen LogP contribution in [-0.2, 0) is 16.4 Å². The van der Waals surface area contributed by atoms with E-state index in [9.17, 15) is 8.42 Å². The second-order valence-electron chi connectivity index (χ2n) is 4.25. The molecular formula is C12H16N4O2S2. The summed E-state index contributed by atoms with van der Waals surface area (Å²) in [6.07, 6.45) is 4.10. The summed E-state index contributed by atoms with van der Waals surface area (Å²) in [5.41, 5.74) is 5.60. The predicted octanol–water partition coefficient (Wildman–Crippen LogP) is 1.72. The Balaban J connectivity index is 2.22. The van der Waals surface area contributed by atoms with Crippen molar-refractivity contribution >= 4 is 27.2 Å². The zero-order chi connectivity index (χ0) is 14.8. The van der Waals surface area contributed by atoms with Gasteiger partial charge in [0.05, 0.1) is 6.04 Å². The third-order valence-electron chi connectivity index (χ3n) is 2.71. The number of aromatic nitrogens is 2. The van der Waals surface area contributed by atoms with E-state index in [1.54, 1.807) is 13.1 Å². The summed E-state index contributed by atoms with van der Waals surface area (Å²) in [6, 6.07) is 2.55. The molecule has 0 amide bonds. The highest BCUT2D eigenvalue weighted by atomic mass is 32.2. The molecule has 2 rings (SSSR count). The molecule has 0 aromatic carbocycles. The first-order valence-corrected chi connectivity index (χ1v) is 8.41. The molecule has 0 spiro atoms. The maximum Gasteiger partial charge on any atom is 0.244 e. The number of nitrogens with one attached hydrogen (secondary N) is 1. The smallest absolute Gasteiger partial charge is 0.244 e. The highest BCUT2D eigenvalue weighted by Gasteiger charge is 2.22. The van der Waals surface area contributed by atoms with Crippen molar-refractivity contribution in [1.29, 1.82) is 0 Å². The Hall–Kier alpha value is -1.51. The fourth-order valence-electron chi connectivity index (χ4n) is 1.66. The first kappa shape index (κ1) is 14.9. The molecule has 1 atom stereocenters. The molecule has 0 aliphatic rings. The van der Waals surface area contributed by atoms with Crippen LogP contribution in [0.5, 0.6) is 0 Å². The van der Waals surface area contributed by atoms with E-state index in [-0.39, 0.29) is 10.7 Å². The number of nitrogens with two attached hydrogens (primary N) is 1. The van der Waals surface area contributed by atoms with Gasteiger partial charge in [-0.05, 0) is 25.5 Å². The van der Waals surface area contributed by atoms with Crippen LogP contribution in [0.4, 0.5) is 5.82 Å². The number of aryl methyl sites for hydroxylation is 1. The van der Waals surface area contributed by atoms with E-state index in [1.807, 2.05) is 6.92 Å². The average Bonchev–Trinajstić information content (AvgIpc) is 2.87. The molecule has 0 aliphatic heterocycles. The van der Waals surface area contributed by atoms with Crippen molar-refractivity contribution in [2.75, 3.05) is 5.73 Å². The summed E-state index contributed by atoms with van der Waals surface area (Å²) < 4.78 is 27.1. The van der Waals surface area contributed by atoms with E-state index in [1.165, 1.54) is 29.7 Å². The number of sulfonamides is 1. The van der Waals surface area contributed by atoms with Gasteiger partial charge in [-0.3, -0.25) is 0 Å². The second kappa shape index (κ2) is 5.86. The van der Waals surface area contributed by atoms with Crippen LogP contribution in [0.2, 0.25) is 0 Å². The van der Waals surface area contributed by atoms with Crippen molar-refractivity contribution in [3.8, 4) is 0 Å². The topological polar surface area (TPSA) is 98.0 Å². The Labute approximate surface area is 122 Å². The largest absolute Gasteiger partial charge is 0.383 e. The van der Waals surface area contributed by atoms with Crippen molar-refractivity contribution in [2.24, 2.45) is 0 Å². The molecule has 2 aromatic heterocycles. The maximum atomic E-state index is 12.3. The fourth-order valence-corrected chi connectivity index (χ4v) is 3.89. The molecule has 0 saturated heterocycles. The second-order valence-corrected chi connectivity index (χ2v) is 7.08. The Morgan fingerprint density at radius 2 is 2.20 bits per heavy atom. The van der Waals surface area contributed by atoms with Crippen LogP contribution in [0.15, 0.2) is 29.4 Å². The summed E-state index contributed by atoms with van der Waals surface area (Å²) in [4.78, 5) is 9.12. The van der Waals surface area contributed by atoms with E-state index in [2.05, 4.69) is 14.7 Å². The van der Waals surface area contributed by atoms with Crippen molar-refractivity contribution in [3.63, 3.8) is 0 Å². The molecule has 0 radical (unpaired) electrons. The lowest BCUT2D eigenvalue weighted by molar-refractivity contribution is 0.566. The Morgan fingerprint density at radius 3 is 2.80 bits per heavy atom. The summed E-state index contributed by atoms with van der Waals surface area (Å²) in [5, 5.41) is 0.730. The third-order valence-corrected chi connectivity index (χ3v) is 5.62. The number of rotatable bonds is 5.